The Balaban J connectivity index is 1.37. The molecule has 0 aliphatic carbocycles. The third kappa shape index (κ3) is 5.45. The van der Waals surface area contributed by atoms with E-state index in [1.807, 2.05) is 61.2 Å². The molecule has 0 unspecified atom stereocenters. The first-order valence-corrected chi connectivity index (χ1v) is 16.3. The number of halogens is 1. The monoisotopic (exact) mass is 610 g/mol. The van der Waals surface area contributed by atoms with Gasteiger partial charge in [0.25, 0.3) is 0 Å². The number of carbonyl (C=O) groups is 2. The third-order valence-electron chi connectivity index (χ3n) is 7.24. The number of nitrogens with zero attached hydrogens (tertiary/aromatic N) is 4. The number of hydrogen-bond donors (Lipinski definition) is 2. The molecule has 0 saturated carbocycles. The van der Waals surface area contributed by atoms with Crippen molar-refractivity contribution in [2.24, 2.45) is 0 Å². The molecule has 0 spiro atoms. The van der Waals surface area contributed by atoms with Crippen LogP contribution in [0.25, 0.3) is 0 Å². The van der Waals surface area contributed by atoms with Crippen LogP contribution in [0.4, 0.5) is 28.8 Å². The van der Waals surface area contributed by atoms with Crippen molar-refractivity contribution < 1.29 is 14.2 Å². The van der Waals surface area contributed by atoms with E-state index in [1.54, 1.807) is 24.4 Å². The van der Waals surface area contributed by atoms with Gasteiger partial charge >= 0.3 is 0 Å². The summed E-state index contributed by atoms with van der Waals surface area (Å²) < 4.78 is 13.5. The Hall–Kier alpha value is -3.23. The second-order valence-electron chi connectivity index (χ2n) is 10.8. The maximum Gasteiger partial charge on any atom is 0.237 e. The zero-order valence-corrected chi connectivity index (χ0v) is 25.0. The number of anilines is 5. The van der Waals surface area contributed by atoms with E-state index in [0.29, 0.717) is 35.7 Å². The second kappa shape index (κ2) is 10.4. The number of para-hydroxylation sites is 1. The lowest BCUT2D eigenvalue weighted by molar-refractivity contribution is -0.128. The fourth-order valence-electron chi connectivity index (χ4n) is 5.12. The average Bonchev–Trinajstić information content (AvgIpc) is 3.37. The molecule has 11 heteroatoms. The van der Waals surface area contributed by atoms with Crippen LogP contribution in [0.2, 0.25) is 0 Å². The summed E-state index contributed by atoms with van der Waals surface area (Å²) in [5.74, 6) is 1.09. The van der Waals surface area contributed by atoms with Crippen LogP contribution in [0, 0.1) is 0 Å². The molecule has 204 valence electrons. The Kier molecular flexibility index (Phi) is 7.29. The quantitative estimate of drug-likeness (QED) is 0.337. The molecule has 2 aliphatic heterocycles. The van der Waals surface area contributed by atoms with Crippen LogP contribution < -0.4 is 20.8 Å². The van der Waals surface area contributed by atoms with Crippen molar-refractivity contribution in [1.29, 1.82) is 0 Å². The number of amides is 2. The molecule has 2 aliphatic rings. The molecule has 5 rings (SSSR count). The number of rotatable bonds is 8. The summed E-state index contributed by atoms with van der Waals surface area (Å²) in [5, 5.41) is 7.30. The van der Waals surface area contributed by atoms with Crippen molar-refractivity contribution in [3.63, 3.8) is 0 Å². The molecule has 2 N–H and O–H groups in total. The molecule has 39 heavy (non-hydrogen) atoms. The van der Waals surface area contributed by atoms with Crippen molar-refractivity contribution in [3.8, 4) is 0 Å². The zero-order chi connectivity index (χ0) is 27.9. The van der Waals surface area contributed by atoms with Crippen molar-refractivity contribution in [2.75, 3.05) is 48.5 Å². The molecule has 3 heterocycles. The molecular formula is C28H32BrN6O3P. The number of nitrogens with one attached hydrogen (secondary N) is 2. The summed E-state index contributed by atoms with van der Waals surface area (Å²) in [5.41, 5.74) is 2.56. The maximum atomic E-state index is 13.3. The van der Waals surface area contributed by atoms with Gasteiger partial charge in [-0.2, -0.15) is 4.98 Å². The molecule has 1 saturated heterocycles. The molecular weight excluding hydrogens is 579 g/mol. The summed E-state index contributed by atoms with van der Waals surface area (Å²) in [6, 6.07) is 13.3. The van der Waals surface area contributed by atoms with Gasteiger partial charge in [0.05, 0.1) is 15.6 Å². The van der Waals surface area contributed by atoms with Gasteiger partial charge in [0.15, 0.2) is 0 Å². The van der Waals surface area contributed by atoms with Gasteiger partial charge in [0.1, 0.15) is 13.0 Å². The maximum absolute atomic E-state index is 13.3. The fourth-order valence-corrected chi connectivity index (χ4v) is 6.56. The molecule has 0 radical (unpaired) electrons. The Morgan fingerprint density at radius 2 is 1.85 bits per heavy atom. The van der Waals surface area contributed by atoms with E-state index >= 15 is 0 Å². The van der Waals surface area contributed by atoms with Crippen molar-refractivity contribution in [2.45, 2.75) is 32.1 Å². The van der Waals surface area contributed by atoms with E-state index in [4.69, 9.17) is 0 Å². The van der Waals surface area contributed by atoms with Gasteiger partial charge in [-0.1, -0.05) is 12.1 Å². The Morgan fingerprint density at radius 1 is 1.08 bits per heavy atom. The molecule has 2 amide bonds. The van der Waals surface area contributed by atoms with E-state index in [0.717, 1.165) is 40.9 Å². The number of carbonyl (C=O) groups excluding carboxylic acids is 2. The molecule has 0 bridgehead atoms. The summed E-state index contributed by atoms with van der Waals surface area (Å²) in [4.78, 5) is 38.1. The van der Waals surface area contributed by atoms with Crippen LogP contribution in [-0.2, 0) is 19.6 Å². The summed E-state index contributed by atoms with van der Waals surface area (Å²) in [6.07, 6.45) is 3.12. The molecule has 9 nitrogen and oxygen atoms in total. The fraction of sp³-hybridized carbons (Fsp3) is 0.357. The molecule has 1 aromatic heterocycles. The summed E-state index contributed by atoms with van der Waals surface area (Å²) >= 11 is 3.51. The molecule has 3 aromatic rings. The van der Waals surface area contributed by atoms with Crippen LogP contribution in [-0.4, -0.2) is 59.6 Å². The Labute approximate surface area is 236 Å². The average molecular weight is 611 g/mol. The first-order chi connectivity index (χ1) is 18.4. The van der Waals surface area contributed by atoms with Crippen molar-refractivity contribution in [1.82, 2.24) is 14.9 Å². The van der Waals surface area contributed by atoms with E-state index < -0.39 is 12.6 Å². The highest BCUT2D eigenvalue weighted by atomic mass is 79.9. The lowest BCUT2D eigenvalue weighted by atomic mass is 9.86. The number of aromatic nitrogens is 2. The lowest BCUT2D eigenvalue weighted by Crippen LogP contribution is -2.41. The van der Waals surface area contributed by atoms with E-state index in [2.05, 4.69) is 36.5 Å². The first-order valence-electron chi connectivity index (χ1n) is 12.9. The SMILES string of the molecule is CC1(C)C(=O)N(CCN2CCCC2=O)c2ccc(Nc3ncc(Br)c(Nc4ccccc4P(C)(C)=O)n3)cc21. The van der Waals surface area contributed by atoms with Gasteiger partial charge in [0, 0.05) is 48.9 Å². The van der Waals surface area contributed by atoms with Crippen LogP contribution in [0.3, 0.4) is 0 Å². The number of hydrogen-bond acceptors (Lipinski definition) is 7. The number of likely N-dealkylation sites (tertiary alicyclic amines) is 1. The Bertz CT molecular complexity index is 1500. The highest BCUT2D eigenvalue weighted by molar-refractivity contribution is 9.10. The normalized spacial score (nSPS) is 16.5. The largest absolute Gasteiger partial charge is 0.341 e. The van der Waals surface area contributed by atoms with Crippen LogP contribution >= 0.6 is 23.1 Å². The van der Waals surface area contributed by atoms with Crippen molar-refractivity contribution in [3.05, 3.63) is 58.7 Å². The third-order valence-corrected chi connectivity index (χ3v) is 9.37. The molecule has 0 atom stereocenters. The predicted octanol–water partition coefficient (Wildman–Crippen LogP) is 5.22. The van der Waals surface area contributed by atoms with Crippen molar-refractivity contribution >= 4 is 69.0 Å². The van der Waals surface area contributed by atoms with Gasteiger partial charge in [-0.05, 0) is 85.4 Å². The number of fused-ring (bicyclic) bond motifs is 1. The Morgan fingerprint density at radius 3 is 2.56 bits per heavy atom. The minimum atomic E-state index is -2.51. The van der Waals surface area contributed by atoms with Crippen LogP contribution in [0.5, 0.6) is 0 Å². The molecule has 1 fully saturated rings. The zero-order valence-electron chi connectivity index (χ0n) is 22.5. The first kappa shape index (κ1) is 27.3. The van der Waals surface area contributed by atoms with Gasteiger partial charge in [-0.15, -0.1) is 0 Å². The van der Waals surface area contributed by atoms with Gasteiger partial charge in [0.2, 0.25) is 17.8 Å². The molecule has 2 aromatic carbocycles. The number of benzene rings is 2. The van der Waals surface area contributed by atoms with E-state index in [1.165, 1.54) is 0 Å². The second-order valence-corrected chi connectivity index (χ2v) is 14.8. The van der Waals surface area contributed by atoms with Crippen LogP contribution in [0.1, 0.15) is 32.3 Å². The smallest absolute Gasteiger partial charge is 0.237 e. The van der Waals surface area contributed by atoms with E-state index in [9.17, 15) is 14.2 Å². The van der Waals surface area contributed by atoms with E-state index in [-0.39, 0.29) is 11.8 Å². The highest BCUT2D eigenvalue weighted by Crippen LogP contribution is 2.43. The predicted molar refractivity (Wildman–Crippen MR) is 159 cm³/mol. The highest BCUT2D eigenvalue weighted by Gasteiger charge is 2.44. The van der Waals surface area contributed by atoms with Crippen LogP contribution in [0.15, 0.2) is 53.1 Å². The minimum Gasteiger partial charge on any atom is -0.341 e. The topological polar surface area (TPSA) is 108 Å². The standard InChI is InChI=1S/C28H32BrN6O3P/c1-28(2)19-16-18(11-12-22(19)35(26(28)37)15-14-34-13-7-10-24(34)36)31-27-30-17-20(29)25(33-27)32-21-8-5-6-9-23(21)39(3,4)38/h5-6,8-9,11-12,16-17H,7,10,13-15H2,1-4H3,(H2,30,31,32,33). The van der Waals surface area contributed by atoms with Gasteiger partial charge < -0.3 is 25.0 Å². The minimum absolute atomic E-state index is 0.0236. The lowest BCUT2D eigenvalue weighted by Gasteiger charge is -2.23. The summed E-state index contributed by atoms with van der Waals surface area (Å²) in [7, 11) is -2.51. The summed E-state index contributed by atoms with van der Waals surface area (Å²) in [6.45, 7) is 9.10. The van der Waals surface area contributed by atoms with Gasteiger partial charge in [-0.25, -0.2) is 4.98 Å². The van der Waals surface area contributed by atoms with Gasteiger partial charge in [-0.3, -0.25) is 9.59 Å².